The molecule has 1 aromatic heterocycles. The molecule has 1 heterocycles. The molecule has 3 rings (SSSR count). The number of thioether (sulfide) groups is 1. The molecule has 0 saturated heterocycles. The first kappa shape index (κ1) is 24.4. The van der Waals surface area contributed by atoms with E-state index in [-0.39, 0.29) is 23.5 Å². The predicted octanol–water partition coefficient (Wildman–Crippen LogP) is 4.37. The lowest BCUT2D eigenvalue weighted by atomic mass is 10.0. The van der Waals surface area contributed by atoms with Gasteiger partial charge < -0.3 is 15.2 Å². The first-order chi connectivity index (χ1) is 15.8. The number of anilines is 1. The van der Waals surface area contributed by atoms with Gasteiger partial charge in [0.15, 0.2) is 11.0 Å². The number of nitrogens with zero attached hydrogens (tertiary/aromatic N) is 3. The van der Waals surface area contributed by atoms with E-state index in [1.54, 1.807) is 11.6 Å². The highest BCUT2D eigenvalue weighted by molar-refractivity contribution is 7.99. The highest BCUT2D eigenvalue weighted by Gasteiger charge is 2.25. The van der Waals surface area contributed by atoms with E-state index in [9.17, 15) is 14.0 Å². The van der Waals surface area contributed by atoms with E-state index < -0.39 is 11.9 Å². The Morgan fingerprint density at radius 3 is 2.45 bits per heavy atom. The Balaban J connectivity index is 1.66. The Labute approximate surface area is 197 Å². The normalized spacial score (nSPS) is 11.9. The Morgan fingerprint density at radius 1 is 1.09 bits per heavy atom. The van der Waals surface area contributed by atoms with E-state index in [0.717, 1.165) is 17.7 Å². The van der Waals surface area contributed by atoms with Gasteiger partial charge in [0, 0.05) is 18.3 Å². The zero-order valence-electron chi connectivity index (χ0n) is 19.1. The number of aryl methyl sites for hydroxylation is 1. The molecule has 7 nitrogen and oxygen atoms in total. The number of amides is 2. The van der Waals surface area contributed by atoms with Gasteiger partial charge in [-0.3, -0.25) is 9.59 Å². The lowest BCUT2D eigenvalue weighted by molar-refractivity contribution is -0.113. The summed E-state index contributed by atoms with van der Waals surface area (Å²) in [4.78, 5) is 25.1. The molecule has 1 atom stereocenters. The van der Waals surface area contributed by atoms with Crippen LogP contribution in [0.5, 0.6) is 0 Å². The third kappa shape index (κ3) is 6.19. The lowest BCUT2D eigenvalue weighted by Crippen LogP contribution is -2.33. The molecule has 0 radical (unpaired) electrons. The van der Waals surface area contributed by atoms with Crippen molar-refractivity contribution in [2.24, 2.45) is 13.0 Å². The van der Waals surface area contributed by atoms with Gasteiger partial charge in [-0.15, -0.1) is 10.2 Å². The third-order valence-electron chi connectivity index (χ3n) is 5.21. The van der Waals surface area contributed by atoms with Crippen molar-refractivity contribution in [2.75, 3.05) is 11.1 Å². The second kappa shape index (κ2) is 11.1. The molecule has 0 saturated carbocycles. The summed E-state index contributed by atoms with van der Waals surface area (Å²) in [7, 11) is 1.81. The van der Waals surface area contributed by atoms with Crippen molar-refractivity contribution < 1.29 is 14.0 Å². The molecule has 2 aromatic carbocycles. The molecule has 2 N–H and O–H groups in total. The number of para-hydroxylation sites is 1. The van der Waals surface area contributed by atoms with Crippen molar-refractivity contribution in [1.82, 2.24) is 20.1 Å². The molecule has 0 bridgehead atoms. The van der Waals surface area contributed by atoms with Crippen LogP contribution in [-0.2, 0) is 18.3 Å². The van der Waals surface area contributed by atoms with Crippen molar-refractivity contribution in [3.05, 3.63) is 71.3 Å². The summed E-state index contributed by atoms with van der Waals surface area (Å²) in [6, 6.07) is 12.7. The molecule has 9 heteroatoms. The lowest BCUT2D eigenvalue weighted by Gasteiger charge is -2.21. The molecule has 2 amide bonds. The molecule has 0 aliphatic rings. The molecule has 0 aliphatic heterocycles. The van der Waals surface area contributed by atoms with E-state index in [0.29, 0.717) is 16.5 Å². The standard InChI is InChI=1S/C24H28FN5O2S/c1-5-16-8-6-7-9-19(16)26-20(31)14-33-24-29-28-22(30(24)4)21(15(2)3)27-23(32)17-10-12-18(25)13-11-17/h6-13,15,21H,5,14H2,1-4H3,(H,26,31)(H,27,32)/t21-/m1/s1. The summed E-state index contributed by atoms with van der Waals surface area (Å²) >= 11 is 1.28. The maximum atomic E-state index is 13.2. The Morgan fingerprint density at radius 2 is 1.79 bits per heavy atom. The number of carbonyl (C=O) groups excluding carboxylic acids is 2. The number of carbonyl (C=O) groups is 2. The summed E-state index contributed by atoms with van der Waals surface area (Å²) in [5.41, 5.74) is 2.25. The smallest absolute Gasteiger partial charge is 0.251 e. The number of benzene rings is 2. The quantitative estimate of drug-likeness (QED) is 0.454. The Bertz CT molecular complexity index is 1110. The summed E-state index contributed by atoms with van der Waals surface area (Å²) in [5, 5.41) is 15.0. The van der Waals surface area contributed by atoms with Crippen LogP contribution >= 0.6 is 11.8 Å². The van der Waals surface area contributed by atoms with Gasteiger partial charge in [0.2, 0.25) is 5.91 Å². The van der Waals surface area contributed by atoms with Crippen LogP contribution < -0.4 is 10.6 Å². The fourth-order valence-electron chi connectivity index (χ4n) is 3.34. The molecular formula is C24H28FN5O2S. The summed E-state index contributed by atoms with van der Waals surface area (Å²) in [5.74, 6) is -0.0543. The van der Waals surface area contributed by atoms with Crippen LogP contribution in [0.25, 0.3) is 0 Å². The van der Waals surface area contributed by atoms with Crippen LogP contribution in [0.15, 0.2) is 53.7 Å². The largest absolute Gasteiger partial charge is 0.342 e. The highest BCUT2D eigenvalue weighted by Crippen LogP contribution is 2.25. The van der Waals surface area contributed by atoms with E-state index in [2.05, 4.69) is 20.8 Å². The monoisotopic (exact) mass is 469 g/mol. The van der Waals surface area contributed by atoms with Crippen molar-refractivity contribution in [3.63, 3.8) is 0 Å². The van der Waals surface area contributed by atoms with Gasteiger partial charge in [-0.2, -0.15) is 0 Å². The molecule has 0 fully saturated rings. The fraction of sp³-hybridized carbons (Fsp3) is 0.333. The van der Waals surface area contributed by atoms with Crippen molar-refractivity contribution >= 4 is 29.3 Å². The minimum absolute atomic E-state index is 0.0315. The van der Waals surface area contributed by atoms with E-state index in [4.69, 9.17) is 0 Å². The van der Waals surface area contributed by atoms with E-state index in [1.165, 1.54) is 36.0 Å². The zero-order chi connectivity index (χ0) is 24.0. The topological polar surface area (TPSA) is 88.9 Å². The number of nitrogens with one attached hydrogen (secondary N) is 2. The Hall–Kier alpha value is -3.20. The minimum atomic E-state index is -0.403. The van der Waals surface area contributed by atoms with Crippen molar-refractivity contribution in [1.29, 1.82) is 0 Å². The molecule has 0 aliphatic carbocycles. The molecule has 3 aromatic rings. The summed E-state index contributed by atoms with van der Waals surface area (Å²) in [6.07, 6.45) is 0.830. The van der Waals surface area contributed by atoms with Crippen molar-refractivity contribution in [3.8, 4) is 0 Å². The molecule has 0 spiro atoms. The van der Waals surface area contributed by atoms with Gasteiger partial charge in [0.05, 0.1) is 11.8 Å². The van der Waals surface area contributed by atoms with Gasteiger partial charge in [-0.25, -0.2) is 4.39 Å². The van der Waals surface area contributed by atoms with Crippen LogP contribution in [0.2, 0.25) is 0 Å². The average Bonchev–Trinajstić information content (AvgIpc) is 3.16. The predicted molar refractivity (Wildman–Crippen MR) is 128 cm³/mol. The minimum Gasteiger partial charge on any atom is -0.342 e. The van der Waals surface area contributed by atoms with Gasteiger partial charge in [0.25, 0.3) is 5.91 Å². The first-order valence-corrected chi connectivity index (χ1v) is 11.7. The highest BCUT2D eigenvalue weighted by atomic mass is 32.2. The molecule has 0 unspecified atom stereocenters. The average molecular weight is 470 g/mol. The van der Waals surface area contributed by atoms with Gasteiger partial charge in [-0.05, 0) is 48.2 Å². The number of halogens is 1. The SMILES string of the molecule is CCc1ccccc1NC(=O)CSc1nnc([C@H](NC(=O)c2ccc(F)cc2)C(C)C)n1C. The van der Waals surface area contributed by atoms with Crippen LogP contribution in [0.3, 0.4) is 0 Å². The summed E-state index contributed by atoms with van der Waals surface area (Å²) < 4.78 is 15.0. The fourth-order valence-corrected chi connectivity index (χ4v) is 4.06. The van der Waals surface area contributed by atoms with E-state index >= 15 is 0 Å². The number of hydrogen-bond donors (Lipinski definition) is 2. The van der Waals surface area contributed by atoms with Crippen LogP contribution in [-0.4, -0.2) is 32.3 Å². The second-order valence-corrected chi connectivity index (χ2v) is 8.89. The van der Waals surface area contributed by atoms with Crippen LogP contribution in [0, 0.1) is 11.7 Å². The molecular weight excluding hydrogens is 441 g/mol. The molecule has 174 valence electrons. The first-order valence-electron chi connectivity index (χ1n) is 10.8. The Kier molecular flexibility index (Phi) is 8.21. The third-order valence-corrected chi connectivity index (χ3v) is 6.23. The second-order valence-electron chi connectivity index (χ2n) is 7.95. The summed E-state index contributed by atoms with van der Waals surface area (Å²) in [6.45, 7) is 5.98. The van der Waals surface area contributed by atoms with Crippen molar-refractivity contribution in [2.45, 2.75) is 38.4 Å². The van der Waals surface area contributed by atoms with Gasteiger partial charge >= 0.3 is 0 Å². The maximum Gasteiger partial charge on any atom is 0.251 e. The van der Waals surface area contributed by atoms with Gasteiger partial charge in [-0.1, -0.05) is 50.7 Å². The zero-order valence-corrected chi connectivity index (χ0v) is 19.9. The number of hydrogen-bond acceptors (Lipinski definition) is 5. The van der Waals surface area contributed by atoms with Crippen LogP contribution in [0.1, 0.15) is 48.6 Å². The maximum absolute atomic E-state index is 13.2. The molecule has 33 heavy (non-hydrogen) atoms. The number of rotatable bonds is 9. The number of aromatic nitrogens is 3. The van der Waals surface area contributed by atoms with Gasteiger partial charge in [0.1, 0.15) is 5.82 Å². The van der Waals surface area contributed by atoms with E-state index in [1.807, 2.05) is 45.0 Å². The van der Waals surface area contributed by atoms with Crippen LogP contribution in [0.4, 0.5) is 10.1 Å².